The fourth-order valence-corrected chi connectivity index (χ4v) is 1.79. The van der Waals surface area contributed by atoms with Crippen LogP contribution in [0.25, 0.3) is 0 Å². The van der Waals surface area contributed by atoms with Crippen LogP contribution in [0.15, 0.2) is 24.5 Å². The van der Waals surface area contributed by atoms with E-state index in [0.29, 0.717) is 12.1 Å². The normalized spacial score (nSPS) is 11.3. The second-order valence-corrected chi connectivity index (χ2v) is 6.07. The summed E-state index contributed by atoms with van der Waals surface area (Å²) < 4.78 is 14.8. The van der Waals surface area contributed by atoms with Crippen molar-refractivity contribution in [2.45, 2.75) is 39.8 Å². The van der Waals surface area contributed by atoms with Gasteiger partial charge in [-0.3, -0.25) is 5.32 Å². The highest BCUT2D eigenvalue weighted by Gasteiger charge is 2.15. The van der Waals surface area contributed by atoms with Crippen molar-refractivity contribution < 1.29 is 9.18 Å². The van der Waals surface area contributed by atoms with Crippen molar-refractivity contribution >= 4 is 12.0 Å². The zero-order valence-electron chi connectivity index (χ0n) is 13.1. The molecule has 0 saturated heterocycles. The van der Waals surface area contributed by atoms with E-state index in [9.17, 15) is 9.18 Å². The molecular weight excluding hydrogens is 285 g/mol. The fourth-order valence-electron chi connectivity index (χ4n) is 1.79. The third kappa shape index (κ3) is 4.03. The van der Waals surface area contributed by atoms with Crippen LogP contribution >= 0.6 is 0 Å². The molecule has 2 N–H and O–H groups in total. The zero-order chi connectivity index (χ0) is 16.3. The molecule has 0 saturated carbocycles. The lowest BCUT2D eigenvalue weighted by molar-refractivity contribution is 0.251. The molecule has 0 aliphatic heterocycles. The predicted molar refractivity (Wildman–Crippen MR) is 82.0 cm³/mol. The maximum atomic E-state index is 13.2. The smallest absolute Gasteiger partial charge is 0.321 e. The van der Waals surface area contributed by atoms with Gasteiger partial charge in [0.1, 0.15) is 12.1 Å². The summed E-state index contributed by atoms with van der Waals surface area (Å²) in [5, 5.41) is 9.43. The minimum atomic E-state index is -0.409. The molecule has 0 aliphatic rings. The van der Waals surface area contributed by atoms with Crippen molar-refractivity contribution in [1.82, 2.24) is 20.1 Å². The highest BCUT2D eigenvalue weighted by molar-refractivity contribution is 5.87. The van der Waals surface area contributed by atoms with Crippen LogP contribution in [0, 0.1) is 12.7 Å². The van der Waals surface area contributed by atoms with E-state index >= 15 is 0 Å². The van der Waals surface area contributed by atoms with Gasteiger partial charge in [0.05, 0.1) is 5.54 Å². The SMILES string of the molecule is Cc1cc(CNC(=O)Nc2ncn(C(C)(C)C)n2)ccc1F. The molecule has 2 aromatic rings. The number of hydrogen-bond acceptors (Lipinski definition) is 3. The number of anilines is 1. The minimum Gasteiger partial charge on any atom is -0.334 e. The molecule has 0 radical (unpaired) electrons. The molecule has 2 amide bonds. The van der Waals surface area contributed by atoms with Crippen molar-refractivity contribution in [3.05, 3.63) is 41.5 Å². The topological polar surface area (TPSA) is 71.8 Å². The predicted octanol–water partition coefficient (Wildman–Crippen LogP) is 2.80. The summed E-state index contributed by atoms with van der Waals surface area (Å²) in [6.07, 6.45) is 1.57. The first-order valence-electron chi connectivity index (χ1n) is 6.98. The molecule has 0 bridgehead atoms. The summed E-state index contributed by atoms with van der Waals surface area (Å²) in [5.41, 5.74) is 1.17. The summed E-state index contributed by atoms with van der Waals surface area (Å²) in [5.74, 6) is -0.0205. The van der Waals surface area contributed by atoms with E-state index in [1.165, 1.54) is 6.07 Å². The lowest BCUT2D eigenvalue weighted by Crippen LogP contribution is -2.29. The number of urea groups is 1. The van der Waals surface area contributed by atoms with Gasteiger partial charge in [-0.15, -0.1) is 5.10 Å². The largest absolute Gasteiger partial charge is 0.334 e. The number of nitrogens with one attached hydrogen (secondary N) is 2. The van der Waals surface area contributed by atoms with Gasteiger partial charge in [-0.05, 0) is 44.9 Å². The molecule has 0 unspecified atom stereocenters. The zero-order valence-corrected chi connectivity index (χ0v) is 13.1. The summed E-state index contributed by atoms with van der Waals surface area (Å²) in [6, 6.07) is 4.31. The van der Waals surface area contributed by atoms with E-state index in [1.807, 2.05) is 20.8 Å². The number of benzene rings is 1. The summed E-state index contributed by atoms with van der Waals surface area (Å²) in [4.78, 5) is 15.8. The van der Waals surface area contributed by atoms with Gasteiger partial charge in [-0.25, -0.2) is 18.9 Å². The van der Waals surface area contributed by atoms with Gasteiger partial charge in [0, 0.05) is 6.54 Å². The number of carbonyl (C=O) groups excluding carboxylic acids is 1. The van der Waals surface area contributed by atoms with Crippen LogP contribution in [0.3, 0.4) is 0 Å². The van der Waals surface area contributed by atoms with Gasteiger partial charge in [0.15, 0.2) is 0 Å². The Morgan fingerprint density at radius 3 is 2.68 bits per heavy atom. The first kappa shape index (κ1) is 15.9. The molecule has 22 heavy (non-hydrogen) atoms. The second kappa shape index (κ2) is 6.13. The highest BCUT2D eigenvalue weighted by atomic mass is 19.1. The van der Waals surface area contributed by atoms with Crippen LogP contribution in [-0.2, 0) is 12.1 Å². The summed E-state index contributed by atoms with van der Waals surface area (Å²) >= 11 is 0. The van der Waals surface area contributed by atoms with E-state index in [2.05, 4.69) is 20.7 Å². The molecular formula is C15H20FN5O. The van der Waals surface area contributed by atoms with Crippen molar-refractivity contribution in [3.63, 3.8) is 0 Å². The standard InChI is InChI=1S/C15H20FN5O/c1-10-7-11(5-6-12(10)16)8-17-14(22)19-13-18-9-21(20-13)15(2,3)4/h5-7,9H,8H2,1-4H3,(H2,17,19,20,22). The van der Waals surface area contributed by atoms with Crippen molar-refractivity contribution in [1.29, 1.82) is 0 Å². The Kier molecular flexibility index (Phi) is 4.44. The molecule has 118 valence electrons. The van der Waals surface area contributed by atoms with Gasteiger partial charge in [0.25, 0.3) is 0 Å². The summed E-state index contributed by atoms with van der Waals surface area (Å²) in [7, 11) is 0. The fraction of sp³-hybridized carbons (Fsp3) is 0.400. The number of nitrogens with zero attached hydrogens (tertiary/aromatic N) is 3. The first-order valence-corrected chi connectivity index (χ1v) is 6.98. The van der Waals surface area contributed by atoms with Crippen LogP contribution < -0.4 is 10.6 Å². The number of carbonyl (C=O) groups is 1. The number of halogens is 1. The average Bonchev–Trinajstić information content (AvgIpc) is 2.88. The highest BCUT2D eigenvalue weighted by Crippen LogP contribution is 2.12. The average molecular weight is 305 g/mol. The van der Waals surface area contributed by atoms with E-state index in [-0.39, 0.29) is 17.3 Å². The van der Waals surface area contributed by atoms with Crippen LogP contribution in [0.1, 0.15) is 31.9 Å². The Bertz CT molecular complexity index is 675. The van der Waals surface area contributed by atoms with Crippen LogP contribution in [0.4, 0.5) is 15.1 Å². The van der Waals surface area contributed by atoms with Crippen molar-refractivity contribution in [2.75, 3.05) is 5.32 Å². The molecule has 0 aliphatic carbocycles. The Morgan fingerprint density at radius 2 is 2.09 bits per heavy atom. The summed E-state index contributed by atoms with van der Waals surface area (Å²) in [6.45, 7) is 7.95. The minimum absolute atomic E-state index is 0.199. The Balaban J connectivity index is 1.90. The molecule has 0 fully saturated rings. The third-order valence-corrected chi connectivity index (χ3v) is 3.08. The molecule has 0 atom stereocenters. The lowest BCUT2D eigenvalue weighted by Gasteiger charge is -2.17. The third-order valence-electron chi connectivity index (χ3n) is 3.08. The number of hydrogen-bond donors (Lipinski definition) is 2. The van der Waals surface area contributed by atoms with Gasteiger partial charge < -0.3 is 5.32 Å². The van der Waals surface area contributed by atoms with Gasteiger partial charge in [-0.2, -0.15) is 0 Å². The molecule has 7 heteroatoms. The van der Waals surface area contributed by atoms with E-state index in [0.717, 1.165) is 5.56 Å². The van der Waals surface area contributed by atoms with Crippen molar-refractivity contribution in [2.24, 2.45) is 0 Å². The molecule has 6 nitrogen and oxygen atoms in total. The van der Waals surface area contributed by atoms with E-state index < -0.39 is 6.03 Å². The molecule has 1 aromatic carbocycles. The van der Waals surface area contributed by atoms with E-state index in [1.54, 1.807) is 30.1 Å². The number of amides is 2. The second-order valence-electron chi connectivity index (χ2n) is 6.07. The van der Waals surface area contributed by atoms with Gasteiger partial charge >= 0.3 is 6.03 Å². The lowest BCUT2D eigenvalue weighted by atomic mass is 10.1. The maximum absolute atomic E-state index is 13.2. The number of aryl methyl sites for hydroxylation is 1. The van der Waals surface area contributed by atoms with Crippen LogP contribution in [0.5, 0.6) is 0 Å². The Hall–Kier alpha value is -2.44. The number of rotatable bonds is 3. The monoisotopic (exact) mass is 305 g/mol. The van der Waals surface area contributed by atoms with Crippen LogP contribution in [-0.4, -0.2) is 20.8 Å². The Morgan fingerprint density at radius 1 is 1.36 bits per heavy atom. The first-order chi connectivity index (χ1) is 10.3. The van der Waals surface area contributed by atoms with E-state index in [4.69, 9.17) is 0 Å². The maximum Gasteiger partial charge on any atom is 0.321 e. The molecule has 1 heterocycles. The van der Waals surface area contributed by atoms with Crippen LogP contribution in [0.2, 0.25) is 0 Å². The van der Waals surface area contributed by atoms with Gasteiger partial charge in [-0.1, -0.05) is 12.1 Å². The van der Waals surface area contributed by atoms with Gasteiger partial charge in [0.2, 0.25) is 5.95 Å². The number of aromatic nitrogens is 3. The molecule has 0 spiro atoms. The quantitative estimate of drug-likeness (QED) is 0.916. The Labute approximate surface area is 128 Å². The van der Waals surface area contributed by atoms with Crippen molar-refractivity contribution in [3.8, 4) is 0 Å². The molecule has 2 rings (SSSR count). The molecule has 1 aromatic heterocycles.